The van der Waals surface area contributed by atoms with Crippen LogP contribution >= 0.6 is 23.2 Å². The number of aryl methyl sites for hydroxylation is 1. The third kappa shape index (κ3) is 3.63. The molecule has 19 heavy (non-hydrogen) atoms. The van der Waals surface area contributed by atoms with Crippen molar-refractivity contribution < 1.29 is 4.74 Å². The van der Waals surface area contributed by atoms with Gasteiger partial charge >= 0.3 is 0 Å². The van der Waals surface area contributed by atoms with Crippen LogP contribution in [-0.2, 0) is 6.54 Å². The van der Waals surface area contributed by atoms with Crippen molar-refractivity contribution >= 4 is 23.2 Å². The van der Waals surface area contributed by atoms with Gasteiger partial charge < -0.3 is 10.1 Å². The number of hydrogen-bond acceptors (Lipinski definition) is 2. The van der Waals surface area contributed by atoms with Gasteiger partial charge in [0.05, 0.1) is 5.02 Å². The van der Waals surface area contributed by atoms with Gasteiger partial charge in [0.2, 0.25) is 0 Å². The summed E-state index contributed by atoms with van der Waals surface area (Å²) in [5.41, 5.74) is 2.13. The summed E-state index contributed by atoms with van der Waals surface area (Å²) >= 11 is 12.3. The van der Waals surface area contributed by atoms with Crippen molar-refractivity contribution in [3.63, 3.8) is 0 Å². The maximum atomic E-state index is 6.19. The Balaban J connectivity index is 2.21. The molecule has 0 aliphatic rings. The fourth-order valence-electron chi connectivity index (χ4n) is 1.74. The smallest absolute Gasteiger partial charge is 0.146 e. The molecular weight excluding hydrogens is 281 g/mol. The van der Waals surface area contributed by atoms with Crippen molar-refractivity contribution in [2.45, 2.75) is 13.5 Å². The summed E-state index contributed by atoms with van der Waals surface area (Å²) < 4.78 is 5.74. The average Bonchev–Trinajstić information content (AvgIpc) is 2.36. The molecule has 1 N–H and O–H groups in total. The normalized spacial score (nSPS) is 10.5. The van der Waals surface area contributed by atoms with Gasteiger partial charge in [0.25, 0.3) is 0 Å². The zero-order chi connectivity index (χ0) is 13.8. The molecule has 4 heteroatoms. The Bertz CT molecular complexity index is 584. The van der Waals surface area contributed by atoms with Gasteiger partial charge in [0, 0.05) is 11.6 Å². The molecule has 0 fully saturated rings. The zero-order valence-electron chi connectivity index (χ0n) is 10.8. The van der Waals surface area contributed by atoms with Crippen LogP contribution in [0.25, 0.3) is 0 Å². The molecule has 0 saturated carbocycles. The molecule has 0 radical (unpaired) electrons. The molecule has 2 rings (SSSR count). The molecule has 0 bridgehead atoms. The van der Waals surface area contributed by atoms with Gasteiger partial charge in [-0.05, 0) is 49.4 Å². The van der Waals surface area contributed by atoms with E-state index in [-0.39, 0.29) is 0 Å². The van der Waals surface area contributed by atoms with Gasteiger partial charge in [-0.15, -0.1) is 0 Å². The largest absolute Gasteiger partial charge is 0.456 e. The summed E-state index contributed by atoms with van der Waals surface area (Å²) in [5.74, 6) is 1.31. The number of ether oxygens (including phenoxy) is 1. The van der Waals surface area contributed by atoms with E-state index in [1.165, 1.54) is 0 Å². The Kier molecular flexibility index (Phi) is 4.70. The van der Waals surface area contributed by atoms with Crippen LogP contribution in [0.5, 0.6) is 11.5 Å². The minimum absolute atomic E-state index is 0.593. The van der Waals surface area contributed by atoms with E-state index in [1.807, 2.05) is 44.3 Å². The number of halogens is 2. The molecule has 0 aromatic heterocycles. The minimum atomic E-state index is 0.593. The van der Waals surface area contributed by atoms with Crippen molar-refractivity contribution in [3.8, 4) is 11.5 Å². The van der Waals surface area contributed by atoms with Crippen LogP contribution in [-0.4, -0.2) is 7.05 Å². The number of rotatable bonds is 4. The lowest BCUT2D eigenvalue weighted by Crippen LogP contribution is -2.05. The van der Waals surface area contributed by atoms with Crippen LogP contribution in [0.4, 0.5) is 0 Å². The predicted molar refractivity (Wildman–Crippen MR) is 80.5 cm³/mol. The van der Waals surface area contributed by atoms with Crippen molar-refractivity contribution in [1.29, 1.82) is 0 Å². The predicted octanol–water partition coefficient (Wildman–Crippen LogP) is 4.81. The maximum Gasteiger partial charge on any atom is 0.146 e. The van der Waals surface area contributed by atoms with E-state index in [1.54, 1.807) is 6.07 Å². The van der Waals surface area contributed by atoms with Crippen LogP contribution in [0.15, 0.2) is 36.4 Å². The van der Waals surface area contributed by atoms with Crippen LogP contribution in [0.3, 0.4) is 0 Å². The monoisotopic (exact) mass is 295 g/mol. The van der Waals surface area contributed by atoms with Crippen molar-refractivity contribution in [2.24, 2.45) is 0 Å². The lowest BCUT2D eigenvalue weighted by Gasteiger charge is -2.10. The third-order valence-corrected chi connectivity index (χ3v) is 3.35. The Morgan fingerprint density at radius 2 is 1.84 bits per heavy atom. The summed E-state index contributed by atoms with van der Waals surface area (Å²) in [6.45, 7) is 2.71. The second-order valence-corrected chi connectivity index (χ2v) is 5.13. The summed E-state index contributed by atoms with van der Waals surface area (Å²) in [7, 11) is 1.88. The zero-order valence-corrected chi connectivity index (χ0v) is 12.3. The van der Waals surface area contributed by atoms with Gasteiger partial charge in [-0.1, -0.05) is 35.3 Å². The maximum absolute atomic E-state index is 6.19. The third-order valence-electron chi connectivity index (χ3n) is 2.71. The quantitative estimate of drug-likeness (QED) is 0.874. The van der Waals surface area contributed by atoms with Crippen LogP contribution in [0.1, 0.15) is 11.1 Å². The van der Waals surface area contributed by atoms with Crippen molar-refractivity contribution in [2.75, 3.05) is 7.05 Å². The summed E-state index contributed by atoms with van der Waals surface area (Å²) in [5, 5.41) is 4.33. The van der Waals surface area contributed by atoms with Crippen LogP contribution < -0.4 is 10.1 Å². The number of nitrogens with one attached hydrogen (secondary N) is 1. The first kappa shape index (κ1) is 14.2. The highest BCUT2D eigenvalue weighted by Gasteiger charge is 2.06. The van der Waals surface area contributed by atoms with Gasteiger partial charge in [-0.2, -0.15) is 0 Å². The van der Waals surface area contributed by atoms with E-state index in [9.17, 15) is 0 Å². The topological polar surface area (TPSA) is 21.3 Å². The van der Waals surface area contributed by atoms with E-state index in [0.717, 1.165) is 17.7 Å². The highest BCUT2D eigenvalue weighted by Crippen LogP contribution is 2.32. The first-order valence-corrected chi connectivity index (χ1v) is 6.73. The molecule has 0 heterocycles. The Morgan fingerprint density at radius 1 is 1.05 bits per heavy atom. The van der Waals surface area contributed by atoms with Gasteiger partial charge in [-0.3, -0.25) is 0 Å². The molecule has 100 valence electrons. The van der Waals surface area contributed by atoms with Crippen molar-refractivity contribution in [3.05, 3.63) is 57.6 Å². The molecule has 0 atom stereocenters. The molecule has 2 aromatic rings. The first-order valence-electron chi connectivity index (χ1n) is 5.97. The molecule has 0 spiro atoms. The highest BCUT2D eigenvalue weighted by molar-refractivity contribution is 6.32. The first-order chi connectivity index (χ1) is 9.10. The second-order valence-electron chi connectivity index (χ2n) is 4.32. The van der Waals surface area contributed by atoms with Crippen molar-refractivity contribution in [1.82, 2.24) is 5.32 Å². The molecular formula is C15H15Cl2NO. The Morgan fingerprint density at radius 3 is 2.47 bits per heavy atom. The van der Waals surface area contributed by atoms with E-state index in [4.69, 9.17) is 27.9 Å². The molecule has 0 aliphatic carbocycles. The fraction of sp³-hybridized carbons (Fsp3) is 0.200. The van der Waals surface area contributed by atoms with E-state index in [0.29, 0.717) is 21.5 Å². The van der Waals surface area contributed by atoms with Gasteiger partial charge in [-0.25, -0.2) is 0 Å². The van der Waals surface area contributed by atoms with E-state index < -0.39 is 0 Å². The summed E-state index contributed by atoms with van der Waals surface area (Å²) in [6, 6.07) is 11.3. The standard InChI is InChI=1S/C15H15Cl2NO/c1-10-3-6-15(14(17)7-10)19-12-5-4-11(9-18-2)13(16)8-12/h3-8,18H,9H2,1-2H3. The van der Waals surface area contributed by atoms with Gasteiger partial charge in [0.15, 0.2) is 0 Å². The lowest BCUT2D eigenvalue weighted by molar-refractivity contribution is 0.482. The SMILES string of the molecule is CNCc1ccc(Oc2ccc(C)cc2Cl)cc1Cl. The molecule has 2 nitrogen and oxygen atoms in total. The van der Waals surface area contributed by atoms with Crippen LogP contribution in [0.2, 0.25) is 10.0 Å². The second kappa shape index (κ2) is 6.29. The minimum Gasteiger partial charge on any atom is -0.456 e. The number of hydrogen-bond donors (Lipinski definition) is 1. The summed E-state index contributed by atoms with van der Waals surface area (Å²) in [6.07, 6.45) is 0. The van der Waals surface area contributed by atoms with E-state index >= 15 is 0 Å². The van der Waals surface area contributed by atoms with E-state index in [2.05, 4.69) is 5.32 Å². The fourth-order valence-corrected chi connectivity index (χ4v) is 2.25. The number of benzene rings is 2. The lowest BCUT2D eigenvalue weighted by atomic mass is 10.2. The average molecular weight is 296 g/mol. The molecule has 0 amide bonds. The Hall–Kier alpha value is -1.22. The molecule has 0 saturated heterocycles. The molecule has 2 aromatic carbocycles. The Labute approximate surface area is 123 Å². The molecule has 0 unspecified atom stereocenters. The van der Waals surface area contributed by atoms with Gasteiger partial charge in [0.1, 0.15) is 11.5 Å². The summed E-state index contributed by atoms with van der Waals surface area (Å²) in [4.78, 5) is 0. The highest BCUT2D eigenvalue weighted by atomic mass is 35.5. The van der Waals surface area contributed by atoms with Crippen LogP contribution in [0, 0.1) is 6.92 Å². The molecule has 0 aliphatic heterocycles.